The van der Waals surface area contributed by atoms with Crippen molar-refractivity contribution in [3.8, 4) is 0 Å². The highest BCUT2D eigenvalue weighted by Crippen LogP contribution is 2.43. The molecule has 1 aliphatic carbocycles. The number of fused-ring (bicyclic) bond motifs is 2. The van der Waals surface area contributed by atoms with Crippen molar-refractivity contribution in [3.05, 3.63) is 41.5 Å². The van der Waals surface area contributed by atoms with Gasteiger partial charge in [-0.1, -0.05) is 30.3 Å². The van der Waals surface area contributed by atoms with E-state index in [4.69, 9.17) is 0 Å². The van der Waals surface area contributed by atoms with Crippen LogP contribution in [-0.2, 0) is 0 Å². The van der Waals surface area contributed by atoms with Crippen LogP contribution < -0.4 is 0 Å². The number of benzene rings is 1. The van der Waals surface area contributed by atoms with E-state index >= 15 is 0 Å². The summed E-state index contributed by atoms with van der Waals surface area (Å²) >= 11 is 0. The fourth-order valence-electron chi connectivity index (χ4n) is 3.42. The minimum Gasteiger partial charge on any atom is -0.294 e. The third-order valence-corrected chi connectivity index (χ3v) is 4.31. The summed E-state index contributed by atoms with van der Waals surface area (Å²) in [6.45, 7) is 8.09. The molecule has 1 saturated heterocycles. The highest BCUT2D eigenvalue weighted by atomic mass is 15.2. The van der Waals surface area contributed by atoms with E-state index in [1.165, 1.54) is 24.1 Å². The molecule has 1 heteroatoms. The Bertz CT molecular complexity index is 458. The van der Waals surface area contributed by atoms with Gasteiger partial charge in [0.15, 0.2) is 0 Å². The summed E-state index contributed by atoms with van der Waals surface area (Å²) in [5, 5.41) is 0. The monoisotopic (exact) mass is 227 g/mol. The summed E-state index contributed by atoms with van der Waals surface area (Å²) in [5.41, 5.74) is 4.50. The van der Waals surface area contributed by atoms with Crippen LogP contribution in [0.5, 0.6) is 0 Å². The van der Waals surface area contributed by atoms with Crippen molar-refractivity contribution in [1.82, 2.24) is 4.90 Å². The fourth-order valence-corrected chi connectivity index (χ4v) is 3.42. The maximum absolute atomic E-state index is 2.63. The largest absolute Gasteiger partial charge is 0.294 e. The Balaban J connectivity index is 1.92. The molecular weight excluding hydrogens is 206 g/mol. The molecule has 0 N–H and O–H groups in total. The molecule has 0 radical (unpaired) electrons. The van der Waals surface area contributed by atoms with Gasteiger partial charge in [-0.15, -0.1) is 0 Å². The SMILES string of the molecule is Cc1ccccc1C1=CC2CC1CN2C(C)C. The summed E-state index contributed by atoms with van der Waals surface area (Å²) < 4.78 is 0. The average molecular weight is 227 g/mol. The molecule has 0 amide bonds. The Labute approximate surface area is 104 Å². The van der Waals surface area contributed by atoms with E-state index in [1.54, 1.807) is 5.57 Å². The van der Waals surface area contributed by atoms with Crippen LogP contribution in [0, 0.1) is 12.8 Å². The van der Waals surface area contributed by atoms with Gasteiger partial charge in [0, 0.05) is 18.6 Å². The Hall–Kier alpha value is -1.08. The van der Waals surface area contributed by atoms with Crippen LogP contribution >= 0.6 is 0 Å². The number of aryl methyl sites for hydroxylation is 1. The zero-order chi connectivity index (χ0) is 12.0. The molecule has 0 aromatic heterocycles. The molecule has 1 aromatic carbocycles. The quantitative estimate of drug-likeness (QED) is 0.747. The van der Waals surface area contributed by atoms with Crippen molar-refractivity contribution in [2.24, 2.45) is 5.92 Å². The fraction of sp³-hybridized carbons (Fsp3) is 0.500. The Morgan fingerprint density at radius 2 is 2.00 bits per heavy atom. The van der Waals surface area contributed by atoms with Crippen molar-refractivity contribution in [2.45, 2.75) is 39.3 Å². The molecule has 1 aliphatic heterocycles. The highest BCUT2D eigenvalue weighted by Gasteiger charge is 2.40. The average Bonchev–Trinajstić information content (AvgIpc) is 2.88. The summed E-state index contributed by atoms with van der Waals surface area (Å²) in [7, 11) is 0. The first kappa shape index (κ1) is 11.0. The van der Waals surface area contributed by atoms with E-state index in [2.05, 4.69) is 56.0 Å². The second kappa shape index (κ2) is 3.99. The van der Waals surface area contributed by atoms with Crippen LogP contribution in [0.1, 0.15) is 31.4 Å². The molecule has 2 aliphatic rings. The lowest BCUT2D eigenvalue weighted by molar-refractivity contribution is 0.227. The van der Waals surface area contributed by atoms with Crippen molar-refractivity contribution in [1.29, 1.82) is 0 Å². The number of likely N-dealkylation sites (tertiary alicyclic amines) is 1. The van der Waals surface area contributed by atoms with Gasteiger partial charge in [-0.05, 0) is 49.8 Å². The van der Waals surface area contributed by atoms with E-state index in [0.29, 0.717) is 12.1 Å². The lowest BCUT2D eigenvalue weighted by atomic mass is 9.92. The smallest absolute Gasteiger partial charge is 0.0293 e. The summed E-state index contributed by atoms with van der Waals surface area (Å²) in [6.07, 6.45) is 3.85. The molecular formula is C16H21N. The molecule has 90 valence electrons. The molecule has 2 atom stereocenters. The normalized spacial score (nSPS) is 27.9. The molecule has 17 heavy (non-hydrogen) atoms. The summed E-state index contributed by atoms with van der Waals surface area (Å²) in [4.78, 5) is 2.63. The highest BCUT2D eigenvalue weighted by molar-refractivity contribution is 5.73. The van der Waals surface area contributed by atoms with Crippen molar-refractivity contribution < 1.29 is 0 Å². The first-order chi connectivity index (χ1) is 8.16. The Kier molecular flexibility index (Phi) is 2.59. The molecule has 2 bridgehead atoms. The topological polar surface area (TPSA) is 3.24 Å². The molecule has 0 spiro atoms. The van der Waals surface area contributed by atoms with Crippen molar-refractivity contribution in [3.63, 3.8) is 0 Å². The second-order valence-electron chi connectivity index (χ2n) is 5.73. The zero-order valence-corrected chi connectivity index (χ0v) is 11.0. The first-order valence-electron chi connectivity index (χ1n) is 6.70. The van der Waals surface area contributed by atoms with E-state index in [9.17, 15) is 0 Å². The Morgan fingerprint density at radius 1 is 1.24 bits per heavy atom. The lowest BCUT2D eigenvalue weighted by Gasteiger charge is -2.30. The molecule has 1 fully saturated rings. The molecule has 1 heterocycles. The maximum atomic E-state index is 2.63. The van der Waals surface area contributed by atoms with Crippen molar-refractivity contribution >= 4 is 5.57 Å². The van der Waals surface area contributed by atoms with Gasteiger partial charge >= 0.3 is 0 Å². The molecule has 3 rings (SSSR count). The van der Waals surface area contributed by atoms with Gasteiger partial charge in [-0.2, -0.15) is 0 Å². The molecule has 0 saturated carbocycles. The van der Waals surface area contributed by atoms with Crippen molar-refractivity contribution in [2.75, 3.05) is 6.54 Å². The minimum atomic E-state index is 0.680. The second-order valence-corrected chi connectivity index (χ2v) is 5.73. The van der Waals surface area contributed by atoms with Gasteiger partial charge in [0.05, 0.1) is 0 Å². The summed E-state index contributed by atoms with van der Waals surface area (Å²) in [6, 6.07) is 10.2. The van der Waals surface area contributed by atoms with E-state index in [0.717, 1.165) is 5.92 Å². The summed E-state index contributed by atoms with van der Waals surface area (Å²) in [5.74, 6) is 0.767. The first-order valence-corrected chi connectivity index (χ1v) is 6.70. The number of rotatable bonds is 2. The predicted octanol–water partition coefficient (Wildman–Crippen LogP) is 3.49. The van der Waals surface area contributed by atoms with Crippen LogP contribution in [0.4, 0.5) is 0 Å². The third kappa shape index (κ3) is 1.73. The van der Waals surface area contributed by atoms with E-state index < -0.39 is 0 Å². The van der Waals surface area contributed by atoms with Crippen LogP contribution in [0.2, 0.25) is 0 Å². The van der Waals surface area contributed by atoms with Gasteiger partial charge in [-0.25, -0.2) is 0 Å². The van der Waals surface area contributed by atoms with Gasteiger partial charge < -0.3 is 0 Å². The van der Waals surface area contributed by atoms with E-state index in [1.807, 2.05) is 0 Å². The standard InChI is InChI=1S/C16H21N/c1-11(2)17-10-13-8-14(17)9-16(13)15-7-5-4-6-12(15)3/h4-7,9,11,13-14H,8,10H2,1-3H3. The van der Waals surface area contributed by atoms with Gasteiger partial charge in [0.2, 0.25) is 0 Å². The molecule has 1 aromatic rings. The van der Waals surface area contributed by atoms with Gasteiger partial charge in [0.25, 0.3) is 0 Å². The molecule has 2 unspecified atom stereocenters. The molecule has 1 nitrogen and oxygen atoms in total. The number of nitrogens with zero attached hydrogens (tertiary/aromatic N) is 1. The third-order valence-electron chi connectivity index (χ3n) is 4.31. The number of hydrogen-bond acceptors (Lipinski definition) is 1. The zero-order valence-electron chi connectivity index (χ0n) is 11.0. The van der Waals surface area contributed by atoms with Crippen LogP contribution in [0.15, 0.2) is 30.3 Å². The van der Waals surface area contributed by atoms with Crippen LogP contribution in [0.3, 0.4) is 0 Å². The van der Waals surface area contributed by atoms with Gasteiger partial charge in [0.1, 0.15) is 0 Å². The van der Waals surface area contributed by atoms with Gasteiger partial charge in [-0.3, -0.25) is 4.90 Å². The van der Waals surface area contributed by atoms with Crippen LogP contribution in [-0.4, -0.2) is 23.5 Å². The van der Waals surface area contributed by atoms with E-state index in [-0.39, 0.29) is 0 Å². The van der Waals surface area contributed by atoms with Crippen LogP contribution in [0.25, 0.3) is 5.57 Å². The lowest BCUT2D eigenvalue weighted by Crippen LogP contribution is -2.36. The Morgan fingerprint density at radius 3 is 2.59 bits per heavy atom. The number of hydrogen-bond donors (Lipinski definition) is 0. The minimum absolute atomic E-state index is 0.680. The predicted molar refractivity (Wildman–Crippen MR) is 72.9 cm³/mol. The maximum Gasteiger partial charge on any atom is 0.0293 e.